The fourth-order valence-electron chi connectivity index (χ4n) is 1.45. The van der Waals surface area contributed by atoms with Gasteiger partial charge >= 0.3 is 0 Å². The van der Waals surface area contributed by atoms with Crippen molar-refractivity contribution in [1.29, 1.82) is 10.8 Å². The fourth-order valence-corrected chi connectivity index (χ4v) is 1.45. The zero-order valence-electron chi connectivity index (χ0n) is 10.6. The summed E-state index contributed by atoms with van der Waals surface area (Å²) in [5.74, 6) is 0.158. The quantitative estimate of drug-likeness (QED) is 0.584. The van der Waals surface area contributed by atoms with E-state index in [0.29, 0.717) is 42.7 Å². The van der Waals surface area contributed by atoms with E-state index in [9.17, 15) is 4.39 Å². The Morgan fingerprint density at radius 2 is 1.81 bits per heavy atom. The van der Waals surface area contributed by atoms with Crippen LogP contribution in [0.25, 0.3) is 0 Å². The Morgan fingerprint density at radius 1 is 1.25 bits per heavy atom. The Balaban J connectivity index is 3.88. The summed E-state index contributed by atoms with van der Waals surface area (Å²) >= 11 is 0. The fraction of sp³-hybridized carbons (Fsp3) is 0.692. The molecule has 3 heteroatoms. The van der Waals surface area contributed by atoms with Gasteiger partial charge in [0.05, 0.1) is 6.17 Å². The van der Waals surface area contributed by atoms with Gasteiger partial charge in [-0.2, -0.15) is 0 Å². The summed E-state index contributed by atoms with van der Waals surface area (Å²) < 4.78 is 12.5. The van der Waals surface area contributed by atoms with E-state index in [1.165, 1.54) is 6.92 Å². The molecule has 0 bridgehead atoms. The first-order valence-corrected chi connectivity index (χ1v) is 5.81. The molecule has 0 aromatic carbocycles. The van der Waals surface area contributed by atoms with Crippen molar-refractivity contribution in [3.63, 3.8) is 0 Å². The molecule has 2 nitrogen and oxygen atoms in total. The summed E-state index contributed by atoms with van der Waals surface area (Å²) in [6.07, 6.45) is 1.50. The lowest BCUT2D eigenvalue weighted by atomic mass is 9.95. The van der Waals surface area contributed by atoms with Gasteiger partial charge in [0.25, 0.3) is 0 Å². The summed E-state index contributed by atoms with van der Waals surface area (Å²) in [5, 5.41) is 15.4. The first-order chi connectivity index (χ1) is 7.34. The molecule has 0 saturated carbocycles. The van der Waals surface area contributed by atoms with Gasteiger partial charge in [-0.05, 0) is 37.7 Å². The standard InChI is InChI=1S/C13H23FN2/c1-9(2)13(16)10(3)8-12(15)7-5-6-11(4)14/h9,11,15-16H,3,5-8H2,1-2,4H3. The lowest BCUT2D eigenvalue weighted by Crippen LogP contribution is -2.12. The molecule has 0 aliphatic heterocycles. The van der Waals surface area contributed by atoms with Gasteiger partial charge in [-0.3, -0.25) is 0 Å². The van der Waals surface area contributed by atoms with Crippen molar-refractivity contribution in [3.05, 3.63) is 12.2 Å². The van der Waals surface area contributed by atoms with Crippen LogP contribution in [-0.2, 0) is 0 Å². The van der Waals surface area contributed by atoms with Gasteiger partial charge in [-0.1, -0.05) is 20.4 Å². The predicted molar refractivity (Wildman–Crippen MR) is 68.5 cm³/mol. The van der Waals surface area contributed by atoms with E-state index in [2.05, 4.69) is 6.58 Å². The zero-order chi connectivity index (χ0) is 12.7. The highest BCUT2D eigenvalue weighted by Gasteiger charge is 2.09. The second kappa shape index (κ2) is 7.31. The summed E-state index contributed by atoms with van der Waals surface area (Å²) in [6, 6.07) is 0. The summed E-state index contributed by atoms with van der Waals surface area (Å²) in [4.78, 5) is 0. The molecule has 0 saturated heterocycles. The molecule has 0 spiro atoms. The van der Waals surface area contributed by atoms with Gasteiger partial charge in [-0.25, -0.2) is 4.39 Å². The minimum Gasteiger partial charge on any atom is -0.309 e. The lowest BCUT2D eigenvalue weighted by molar-refractivity contribution is 0.336. The van der Waals surface area contributed by atoms with Gasteiger partial charge in [0.2, 0.25) is 0 Å². The molecule has 0 aliphatic rings. The number of rotatable bonds is 8. The topological polar surface area (TPSA) is 47.7 Å². The van der Waals surface area contributed by atoms with E-state index in [1.54, 1.807) is 0 Å². The molecule has 0 fully saturated rings. The van der Waals surface area contributed by atoms with Gasteiger partial charge in [-0.15, -0.1) is 0 Å². The predicted octanol–water partition coefficient (Wildman–Crippen LogP) is 4.16. The van der Waals surface area contributed by atoms with Crippen LogP contribution < -0.4 is 0 Å². The Kier molecular flexibility index (Phi) is 6.86. The highest BCUT2D eigenvalue weighted by Crippen LogP contribution is 2.12. The molecule has 16 heavy (non-hydrogen) atoms. The van der Waals surface area contributed by atoms with Crippen LogP contribution in [0.2, 0.25) is 0 Å². The summed E-state index contributed by atoms with van der Waals surface area (Å²) in [6.45, 7) is 9.25. The Morgan fingerprint density at radius 3 is 2.25 bits per heavy atom. The summed E-state index contributed by atoms with van der Waals surface area (Å²) in [5.41, 5.74) is 1.79. The van der Waals surface area contributed by atoms with Gasteiger partial charge < -0.3 is 10.8 Å². The Hall–Kier alpha value is -0.990. The second-order valence-corrected chi connectivity index (χ2v) is 4.63. The van der Waals surface area contributed by atoms with Crippen molar-refractivity contribution < 1.29 is 4.39 Å². The molecular formula is C13H23FN2. The van der Waals surface area contributed by atoms with E-state index in [1.807, 2.05) is 13.8 Å². The Bertz CT molecular complexity index is 267. The van der Waals surface area contributed by atoms with E-state index in [4.69, 9.17) is 10.8 Å². The zero-order valence-corrected chi connectivity index (χ0v) is 10.6. The molecule has 0 aromatic heterocycles. The summed E-state index contributed by atoms with van der Waals surface area (Å²) in [7, 11) is 0. The maximum Gasteiger partial charge on any atom is 0.0973 e. The minimum atomic E-state index is -0.787. The molecule has 0 amide bonds. The molecule has 0 aromatic rings. The SMILES string of the molecule is C=C(CC(=N)CCCC(C)F)C(=N)C(C)C. The smallest absolute Gasteiger partial charge is 0.0973 e. The Labute approximate surface area is 98.0 Å². The molecule has 2 N–H and O–H groups in total. The minimum absolute atomic E-state index is 0.158. The molecule has 0 aliphatic carbocycles. The van der Waals surface area contributed by atoms with Crippen molar-refractivity contribution in [1.82, 2.24) is 0 Å². The van der Waals surface area contributed by atoms with Crippen molar-refractivity contribution in [2.45, 2.75) is 52.6 Å². The molecule has 0 rings (SSSR count). The van der Waals surface area contributed by atoms with E-state index >= 15 is 0 Å². The van der Waals surface area contributed by atoms with Crippen molar-refractivity contribution in [2.75, 3.05) is 0 Å². The molecule has 1 atom stereocenters. The van der Waals surface area contributed by atoms with E-state index < -0.39 is 6.17 Å². The molecular weight excluding hydrogens is 203 g/mol. The van der Waals surface area contributed by atoms with Crippen LogP contribution in [0.4, 0.5) is 4.39 Å². The first-order valence-electron chi connectivity index (χ1n) is 5.81. The average molecular weight is 226 g/mol. The maximum atomic E-state index is 12.5. The van der Waals surface area contributed by atoms with Crippen molar-refractivity contribution >= 4 is 11.4 Å². The molecule has 1 unspecified atom stereocenters. The second-order valence-electron chi connectivity index (χ2n) is 4.63. The van der Waals surface area contributed by atoms with Crippen LogP contribution in [0.1, 0.15) is 46.5 Å². The largest absolute Gasteiger partial charge is 0.309 e. The van der Waals surface area contributed by atoms with Crippen molar-refractivity contribution in [2.24, 2.45) is 5.92 Å². The van der Waals surface area contributed by atoms with Gasteiger partial charge in [0.15, 0.2) is 0 Å². The van der Waals surface area contributed by atoms with Crippen LogP contribution in [0.15, 0.2) is 12.2 Å². The van der Waals surface area contributed by atoms with Crippen LogP contribution in [-0.4, -0.2) is 17.6 Å². The number of hydrogen-bond acceptors (Lipinski definition) is 2. The third kappa shape index (κ3) is 6.49. The number of allylic oxidation sites excluding steroid dienone is 1. The number of halogens is 1. The number of alkyl halides is 1. The average Bonchev–Trinajstić information content (AvgIpc) is 2.15. The van der Waals surface area contributed by atoms with Gasteiger partial charge in [0.1, 0.15) is 0 Å². The van der Waals surface area contributed by atoms with Crippen LogP contribution >= 0.6 is 0 Å². The first kappa shape index (κ1) is 15.0. The molecule has 0 radical (unpaired) electrons. The van der Waals surface area contributed by atoms with Gasteiger partial charge in [0, 0.05) is 17.8 Å². The highest BCUT2D eigenvalue weighted by atomic mass is 19.1. The monoisotopic (exact) mass is 226 g/mol. The van der Waals surface area contributed by atoms with Crippen LogP contribution in [0, 0.1) is 16.7 Å². The van der Waals surface area contributed by atoms with Crippen LogP contribution in [0.5, 0.6) is 0 Å². The number of hydrogen-bond donors (Lipinski definition) is 2. The number of nitrogens with one attached hydrogen (secondary N) is 2. The molecule has 0 heterocycles. The third-order valence-electron chi connectivity index (χ3n) is 2.47. The lowest BCUT2D eigenvalue weighted by Gasteiger charge is -2.11. The van der Waals surface area contributed by atoms with Crippen LogP contribution in [0.3, 0.4) is 0 Å². The maximum absolute atomic E-state index is 12.5. The van der Waals surface area contributed by atoms with Crippen molar-refractivity contribution in [3.8, 4) is 0 Å². The third-order valence-corrected chi connectivity index (χ3v) is 2.47. The highest BCUT2D eigenvalue weighted by molar-refractivity contribution is 6.03. The van der Waals surface area contributed by atoms with E-state index in [0.717, 1.165) is 0 Å². The van der Waals surface area contributed by atoms with E-state index in [-0.39, 0.29) is 5.92 Å². The normalized spacial score (nSPS) is 12.6. The molecule has 92 valence electrons.